The van der Waals surface area contributed by atoms with Crippen LogP contribution in [0, 0.1) is 0 Å². The van der Waals surface area contributed by atoms with Crippen molar-refractivity contribution in [2.75, 3.05) is 0 Å². The number of nitrogens with zero attached hydrogens (tertiary/aromatic N) is 3. The number of hydrogen-bond acceptors (Lipinski definition) is 3. The third kappa shape index (κ3) is 2.99. The number of benzene rings is 3. The van der Waals surface area contributed by atoms with Crippen molar-refractivity contribution >= 4 is 49.5 Å². The number of aromatic nitrogens is 1. The smallest absolute Gasteiger partial charge is 0.243 e. The fourth-order valence-electron chi connectivity index (χ4n) is 4.09. The lowest BCUT2D eigenvalue weighted by Gasteiger charge is -2.19. The lowest BCUT2D eigenvalue weighted by atomic mass is 10.1. The average Bonchev–Trinajstić information content (AvgIpc) is 3.33. The van der Waals surface area contributed by atoms with Crippen molar-refractivity contribution in [2.24, 2.45) is 5.10 Å². The number of carbonyl (C=O) groups is 1. The largest absolute Gasteiger partial charge is 0.446 e. The molecule has 1 atom stereocenters. The molecule has 1 aliphatic heterocycles. The van der Waals surface area contributed by atoms with E-state index < -0.39 is 6.23 Å². The highest BCUT2D eigenvalue weighted by Gasteiger charge is 2.33. The number of ether oxygens (including phenoxy) is 1. The number of fused-ring (bicyclic) bond motifs is 3. The zero-order valence-electron chi connectivity index (χ0n) is 16.7. The molecule has 4 aromatic rings. The fraction of sp³-hybridized carbons (Fsp3) is 0.167. The minimum absolute atomic E-state index is 0.166. The van der Waals surface area contributed by atoms with E-state index in [2.05, 4.69) is 68.9 Å². The number of hydrazone groups is 1. The van der Waals surface area contributed by atoms with Crippen LogP contribution in [0.25, 0.3) is 21.8 Å². The molecule has 0 bridgehead atoms. The van der Waals surface area contributed by atoms with Crippen molar-refractivity contribution in [2.45, 2.75) is 26.6 Å². The molecular formula is C24H20BrN3O2. The Morgan fingerprint density at radius 1 is 1.03 bits per heavy atom. The number of carbonyl (C=O) groups excluding carboxylic acids is 1. The first-order chi connectivity index (χ1) is 14.6. The van der Waals surface area contributed by atoms with E-state index in [-0.39, 0.29) is 5.91 Å². The van der Waals surface area contributed by atoms with Gasteiger partial charge in [0, 0.05) is 50.9 Å². The van der Waals surface area contributed by atoms with E-state index >= 15 is 0 Å². The molecule has 5 nitrogen and oxygen atoms in total. The van der Waals surface area contributed by atoms with Crippen molar-refractivity contribution in [1.82, 2.24) is 9.58 Å². The van der Waals surface area contributed by atoms with Crippen LogP contribution >= 0.6 is 15.9 Å². The number of rotatable bonds is 3. The van der Waals surface area contributed by atoms with Crippen LogP contribution in [-0.4, -0.2) is 21.4 Å². The van der Waals surface area contributed by atoms with Gasteiger partial charge in [0.25, 0.3) is 0 Å². The number of hydrogen-bond donors (Lipinski definition) is 0. The maximum absolute atomic E-state index is 12.3. The summed E-state index contributed by atoms with van der Waals surface area (Å²) in [7, 11) is 0. The quantitative estimate of drug-likeness (QED) is 0.386. The first-order valence-electron chi connectivity index (χ1n) is 9.88. The predicted octanol–water partition coefficient (Wildman–Crippen LogP) is 5.82. The molecule has 1 amide bonds. The zero-order chi connectivity index (χ0) is 20.8. The summed E-state index contributed by atoms with van der Waals surface area (Å²) in [4.78, 5) is 12.3. The van der Waals surface area contributed by atoms with Gasteiger partial charge in [0.15, 0.2) is 0 Å². The minimum Gasteiger partial charge on any atom is -0.446 e. The van der Waals surface area contributed by atoms with E-state index in [1.165, 1.54) is 28.4 Å². The minimum atomic E-state index is -0.593. The van der Waals surface area contributed by atoms with Gasteiger partial charge in [-0.05, 0) is 43.3 Å². The van der Waals surface area contributed by atoms with Gasteiger partial charge in [-0.2, -0.15) is 5.01 Å². The van der Waals surface area contributed by atoms with Crippen molar-refractivity contribution in [1.29, 1.82) is 0 Å². The van der Waals surface area contributed by atoms with Crippen LogP contribution < -0.4 is 0 Å². The molecule has 0 saturated carbocycles. The van der Waals surface area contributed by atoms with Crippen LogP contribution in [0.2, 0.25) is 0 Å². The summed E-state index contributed by atoms with van der Waals surface area (Å²) in [5, 5.41) is 8.22. The summed E-state index contributed by atoms with van der Waals surface area (Å²) in [6, 6.07) is 22.3. The van der Waals surface area contributed by atoms with Gasteiger partial charge in [-0.15, -0.1) is 5.10 Å². The highest BCUT2D eigenvalue weighted by Crippen LogP contribution is 2.35. The molecule has 0 saturated heterocycles. The number of halogens is 1. The van der Waals surface area contributed by atoms with E-state index in [0.29, 0.717) is 5.90 Å². The summed E-state index contributed by atoms with van der Waals surface area (Å²) < 4.78 is 9.41. The maximum Gasteiger partial charge on any atom is 0.243 e. The van der Waals surface area contributed by atoms with Crippen LogP contribution in [0.5, 0.6) is 0 Å². The molecule has 3 aromatic carbocycles. The van der Waals surface area contributed by atoms with Gasteiger partial charge in [0.1, 0.15) is 0 Å². The van der Waals surface area contributed by atoms with Gasteiger partial charge >= 0.3 is 0 Å². The molecule has 5 rings (SSSR count). The topological polar surface area (TPSA) is 46.8 Å². The van der Waals surface area contributed by atoms with Crippen LogP contribution in [0.1, 0.15) is 31.2 Å². The number of amides is 1. The van der Waals surface area contributed by atoms with E-state index in [9.17, 15) is 4.79 Å². The lowest BCUT2D eigenvalue weighted by molar-refractivity contribution is -0.135. The molecule has 0 spiro atoms. The molecule has 0 radical (unpaired) electrons. The predicted molar refractivity (Wildman–Crippen MR) is 122 cm³/mol. The summed E-state index contributed by atoms with van der Waals surface area (Å²) >= 11 is 3.48. The van der Waals surface area contributed by atoms with Crippen molar-refractivity contribution in [3.63, 3.8) is 0 Å². The summed E-state index contributed by atoms with van der Waals surface area (Å²) in [5.74, 6) is 0.272. The lowest BCUT2D eigenvalue weighted by Crippen LogP contribution is -2.25. The SMILES string of the molecule is CCn1c2ccccc2c2cc([C@@H]3OC(c4cccc(Br)c4)=NN3C(C)=O)ccc21. The standard InChI is InChI=1S/C24H20BrN3O2/c1-3-27-21-10-5-4-9-19(21)20-14-17(11-12-22(20)27)24-28(15(2)29)26-23(30-24)16-7-6-8-18(25)13-16/h4-14,24H,3H2,1-2H3/t24-/m0/s1. The Balaban J connectivity index is 1.61. The van der Waals surface area contributed by atoms with Crippen molar-refractivity contribution < 1.29 is 9.53 Å². The number of aryl methyl sites for hydroxylation is 1. The van der Waals surface area contributed by atoms with Gasteiger partial charge in [-0.25, -0.2) is 0 Å². The third-order valence-corrected chi connectivity index (χ3v) is 5.93. The Morgan fingerprint density at radius 2 is 1.83 bits per heavy atom. The van der Waals surface area contributed by atoms with E-state index in [1.807, 2.05) is 30.3 Å². The second-order valence-corrected chi connectivity index (χ2v) is 8.20. The highest BCUT2D eigenvalue weighted by molar-refractivity contribution is 9.10. The van der Waals surface area contributed by atoms with Gasteiger partial charge in [-0.1, -0.05) is 46.3 Å². The average molecular weight is 462 g/mol. The zero-order valence-corrected chi connectivity index (χ0v) is 18.3. The molecule has 2 heterocycles. The Kier molecular flexibility index (Phi) is 4.59. The molecule has 0 aliphatic carbocycles. The van der Waals surface area contributed by atoms with Gasteiger partial charge in [0.05, 0.1) is 0 Å². The Bertz CT molecular complexity index is 1320. The van der Waals surface area contributed by atoms with E-state index in [4.69, 9.17) is 4.74 Å². The Hall–Kier alpha value is -3.12. The highest BCUT2D eigenvalue weighted by atomic mass is 79.9. The molecule has 150 valence electrons. The van der Waals surface area contributed by atoms with Gasteiger partial charge in [-0.3, -0.25) is 4.79 Å². The molecule has 0 N–H and O–H groups in total. The molecule has 30 heavy (non-hydrogen) atoms. The van der Waals surface area contributed by atoms with Crippen LogP contribution in [0.4, 0.5) is 0 Å². The summed E-state index contributed by atoms with van der Waals surface area (Å²) in [5.41, 5.74) is 4.09. The number of para-hydroxylation sites is 1. The maximum atomic E-state index is 12.3. The van der Waals surface area contributed by atoms with Crippen molar-refractivity contribution in [3.05, 3.63) is 82.3 Å². The van der Waals surface area contributed by atoms with Crippen LogP contribution in [-0.2, 0) is 16.1 Å². The molecular weight excluding hydrogens is 442 g/mol. The molecule has 1 aromatic heterocycles. The second-order valence-electron chi connectivity index (χ2n) is 7.29. The Labute approximate surface area is 182 Å². The van der Waals surface area contributed by atoms with E-state index in [1.54, 1.807) is 0 Å². The van der Waals surface area contributed by atoms with Crippen LogP contribution in [0.3, 0.4) is 0 Å². The molecule has 6 heteroatoms. The van der Waals surface area contributed by atoms with Crippen molar-refractivity contribution in [3.8, 4) is 0 Å². The molecule has 0 fully saturated rings. The van der Waals surface area contributed by atoms with Crippen LogP contribution in [0.15, 0.2) is 76.3 Å². The summed E-state index contributed by atoms with van der Waals surface area (Å²) in [6.07, 6.45) is -0.593. The molecule has 0 unspecified atom stereocenters. The first kappa shape index (κ1) is 18.9. The second kappa shape index (κ2) is 7.29. The monoisotopic (exact) mass is 461 g/mol. The molecule has 1 aliphatic rings. The van der Waals surface area contributed by atoms with Gasteiger partial charge < -0.3 is 9.30 Å². The first-order valence-corrected chi connectivity index (χ1v) is 10.7. The normalized spacial score (nSPS) is 16.2. The summed E-state index contributed by atoms with van der Waals surface area (Å²) in [6.45, 7) is 4.54. The fourth-order valence-corrected chi connectivity index (χ4v) is 4.49. The van der Waals surface area contributed by atoms with Gasteiger partial charge in [0.2, 0.25) is 18.0 Å². The third-order valence-electron chi connectivity index (χ3n) is 5.44. The van der Waals surface area contributed by atoms with E-state index in [0.717, 1.165) is 27.5 Å². The Morgan fingerprint density at radius 3 is 2.60 bits per heavy atom.